The van der Waals surface area contributed by atoms with Crippen molar-refractivity contribution in [1.82, 2.24) is 0 Å². The quantitative estimate of drug-likeness (QED) is 0.660. The molecule has 0 heterocycles. The predicted molar refractivity (Wildman–Crippen MR) is 58.3 cm³/mol. The van der Waals surface area contributed by atoms with Crippen LogP contribution in [-0.2, 0) is 14.3 Å². The van der Waals surface area contributed by atoms with Crippen LogP contribution >= 0.6 is 0 Å². The molecule has 0 aromatic rings. The summed E-state index contributed by atoms with van der Waals surface area (Å²) in [6.45, 7) is 9.88. The van der Waals surface area contributed by atoms with Gasteiger partial charge in [0.1, 0.15) is 5.60 Å². The summed E-state index contributed by atoms with van der Waals surface area (Å²) in [7, 11) is 0. The summed E-state index contributed by atoms with van der Waals surface area (Å²) in [4.78, 5) is 11.1. The third-order valence-corrected chi connectivity index (χ3v) is 1.18. The summed E-state index contributed by atoms with van der Waals surface area (Å²) in [6.07, 6.45) is 0.498. The van der Waals surface area contributed by atoms with E-state index in [2.05, 4.69) is 0 Å². The molecule has 0 aromatic carbocycles. The lowest BCUT2D eigenvalue weighted by Crippen LogP contribution is -2.24. The molecule has 0 aromatic heterocycles. The van der Waals surface area contributed by atoms with Crippen molar-refractivity contribution < 1.29 is 14.3 Å². The number of rotatable bonds is 4. The molecular weight excluding hydrogens is 180 g/mol. The van der Waals surface area contributed by atoms with E-state index >= 15 is 0 Å². The normalized spacial score (nSPS) is 11.0. The molecule has 0 aliphatic carbocycles. The topological polar surface area (TPSA) is 35.5 Å². The van der Waals surface area contributed by atoms with Gasteiger partial charge in [-0.3, -0.25) is 4.79 Å². The van der Waals surface area contributed by atoms with Gasteiger partial charge in [-0.25, -0.2) is 0 Å². The summed E-state index contributed by atoms with van der Waals surface area (Å²) in [5, 5.41) is 0. The van der Waals surface area contributed by atoms with E-state index in [1.165, 1.54) is 0 Å². The van der Waals surface area contributed by atoms with Gasteiger partial charge in [-0.1, -0.05) is 7.43 Å². The van der Waals surface area contributed by atoms with Gasteiger partial charge in [0.25, 0.3) is 0 Å². The first-order valence-electron chi connectivity index (χ1n) is 4.65. The van der Waals surface area contributed by atoms with Crippen LogP contribution in [0.15, 0.2) is 0 Å². The fraction of sp³-hybridized carbons (Fsp3) is 0.909. The lowest BCUT2D eigenvalue weighted by atomic mass is 10.2. The second-order valence-electron chi connectivity index (χ2n) is 4.26. The number of carbonyl (C=O) groups excluding carboxylic acids is 1. The minimum atomic E-state index is -0.394. The third-order valence-electron chi connectivity index (χ3n) is 1.18. The van der Waals surface area contributed by atoms with E-state index < -0.39 is 5.60 Å². The lowest BCUT2D eigenvalue weighted by molar-refractivity contribution is -0.156. The van der Waals surface area contributed by atoms with Crippen molar-refractivity contribution in [2.45, 2.75) is 60.2 Å². The van der Waals surface area contributed by atoms with Crippen LogP contribution in [0, 0.1) is 0 Å². The first-order chi connectivity index (χ1) is 5.81. The fourth-order valence-electron chi connectivity index (χ4n) is 0.770. The highest BCUT2D eigenvalue weighted by Crippen LogP contribution is 2.08. The van der Waals surface area contributed by atoms with E-state index in [0.29, 0.717) is 13.0 Å². The van der Waals surface area contributed by atoms with Crippen LogP contribution in [0.3, 0.4) is 0 Å². The molecule has 0 radical (unpaired) electrons. The van der Waals surface area contributed by atoms with Gasteiger partial charge in [0.15, 0.2) is 0 Å². The Balaban J connectivity index is 0. The number of ether oxygens (including phenoxy) is 2. The average Bonchev–Trinajstić information content (AvgIpc) is 1.81. The van der Waals surface area contributed by atoms with Gasteiger partial charge < -0.3 is 9.47 Å². The summed E-state index contributed by atoms with van der Waals surface area (Å²) < 4.78 is 10.3. The van der Waals surface area contributed by atoms with Crippen LogP contribution in [-0.4, -0.2) is 24.3 Å². The highest BCUT2D eigenvalue weighted by Gasteiger charge is 2.15. The molecule has 3 heteroatoms. The minimum absolute atomic E-state index is 0. The zero-order valence-electron chi connectivity index (χ0n) is 9.22. The maximum absolute atomic E-state index is 11.1. The smallest absolute Gasteiger partial charge is 0.308 e. The van der Waals surface area contributed by atoms with E-state index in [4.69, 9.17) is 9.47 Å². The number of carbonyl (C=O) groups is 1. The molecule has 0 unspecified atom stereocenters. The third kappa shape index (κ3) is 11.4. The average molecular weight is 204 g/mol. The van der Waals surface area contributed by atoms with Gasteiger partial charge in [0, 0.05) is 0 Å². The molecule has 0 atom stereocenters. The van der Waals surface area contributed by atoms with E-state index in [-0.39, 0.29) is 19.5 Å². The standard InChI is InChI=1S/C10H20O3.CH4/c1-8(2)12-7-6-9(11)13-10(3,4)5;/h8H,6-7H2,1-5H3;1H4. The van der Waals surface area contributed by atoms with Gasteiger partial charge >= 0.3 is 5.97 Å². The summed E-state index contributed by atoms with van der Waals surface area (Å²) in [6, 6.07) is 0. The van der Waals surface area contributed by atoms with Gasteiger partial charge in [0.2, 0.25) is 0 Å². The van der Waals surface area contributed by atoms with Crippen molar-refractivity contribution in [2.75, 3.05) is 6.61 Å². The molecule has 14 heavy (non-hydrogen) atoms. The van der Waals surface area contributed by atoms with E-state index in [9.17, 15) is 4.79 Å². The summed E-state index contributed by atoms with van der Waals surface area (Å²) >= 11 is 0. The van der Waals surface area contributed by atoms with Gasteiger partial charge in [-0.2, -0.15) is 0 Å². The minimum Gasteiger partial charge on any atom is -0.460 e. The van der Waals surface area contributed by atoms with Crippen LogP contribution in [0.1, 0.15) is 48.5 Å². The maximum atomic E-state index is 11.1. The molecule has 3 nitrogen and oxygen atoms in total. The van der Waals surface area contributed by atoms with E-state index in [1.54, 1.807) is 0 Å². The Labute approximate surface area is 87.8 Å². The highest BCUT2D eigenvalue weighted by molar-refractivity contribution is 5.69. The Hall–Kier alpha value is -0.570. The molecular formula is C11H24O3. The van der Waals surface area contributed by atoms with Crippen LogP contribution in [0.25, 0.3) is 0 Å². The van der Waals surface area contributed by atoms with Crippen molar-refractivity contribution >= 4 is 5.97 Å². The second kappa shape index (κ2) is 6.82. The SMILES string of the molecule is C.CC(C)OCCC(=O)OC(C)(C)C. The Bertz CT molecular complexity index is 156. The highest BCUT2D eigenvalue weighted by atomic mass is 16.6. The van der Waals surface area contributed by atoms with Crippen molar-refractivity contribution in [3.63, 3.8) is 0 Å². The monoisotopic (exact) mass is 204 g/mol. The largest absolute Gasteiger partial charge is 0.460 e. The molecule has 0 saturated heterocycles. The van der Waals surface area contributed by atoms with Crippen molar-refractivity contribution in [1.29, 1.82) is 0 Å². The molecule has 0 N–H and O–H groups in total. The fourth-order valence-corrected chi connectivity index (χ4v) is 0.770. The molecule has 0 spiro atoms. The first kappa shape index (κ1) is 15.9. The molecule has 0 aliphatic heterocycles. The molecule has 0 rings (SSSR count). The van der Waals surface area contributed by atoms with Gasteiger partial charge in [0.05, 0.1) is 19.1 Å². The van der Waals surface area contributed by atoms with Crippen LogP contribution < -0.4 is 0 Å². The zero-order valence-corrected chi connectivity index (χ0v) is 9.22. The van der Waals surface area contributed by atoms with Crippen molar-refractivity contribution in [3.05, 3.63) is 0 Å². The van der Waals surface area contributed by atoms with Gasteiger partial charge in [-0.15, -0.1) is 0 Å². The Morgan fingerprint density at radius 2 is 1.79 bits per heavy atom. The Morgan fingerprint density at radius 1 is 1.29 bits per heavy atom. The predicted octanol–water partition coefficient (Wildman–Crippen LogP) is 2.78. The molecule has 0 amide bonds. The van der Waals surface area contributed by atoms with Crippen molar-refractivity contribution in [2.24, 2.45) is 0 Å². The molecule has 0 saturated carbocycles. The molecule has 86 valence electrons. The van der Waals surface area contributed by atoms with Crippen LogP contribution in [0.4, 0.5) is 0 Å². The number of hydrogen-bond donors (Lipinski definition) is 0. The summed E-state index contributed by atoms with van der Waals surface area (Å²) in [5.74, 6) is -0.201. The lowest BCUT2D eigenvalue weighted by Gasteiger charge is -2.19. The Kier molecular flexibility index (Phi) is 7.74. The number of esters is 1. The van der Waals surface area contributed by atoms with Crippen LogP contribution in [0.5, 0.6) is 0 Å². The van der Waals surface area contributed by atoms with Crippen LogP contribution in [0.2, 0.25) is 0 Å². The first-order valence-corrected chi connectivity index (χ1v) is 4.65. The van der Waals surface area contributed by atoms with E-state index in [1.807, 2.05) is 34.6 Å². The molecule has 0 aliphatic rings. The Morgan fingerprint density at radius 3 is 2.14 bits per heavy atom. The molecule has 0 fully saturated rings. The molecule has 0 bridgehead atoms. The zero-order chi connectivity index (χ0) is 10.5. The van der Waals surface area contributed by atoms with Crippen molar-refractivity contribution in [3.8, 4) is 0 Å². The van der Waals surface area contributed by atoms with Gasteiger partial charge in [-0.05, 0) is 34.6 Å². The number of hydrogen-bond acceptors (Lipinski definition) is 3. The van der Waals surface area contributed by atoms with E-state index in [0.717, 1.165) is 0 Å². The second-order valence-corrected chi connectivity index (χ2v) is 4.26. The summed E-state index contributed by atoms with van der Waals surface area (Å²) in [5.41, 5.74) is -0.394. The maximum Gasteiger partial charge on any atom is 0.308 e.